The second kappa shape index (κ2) is 6.40. The Morgan fingerprint density at radius 1 is 1.37 bits per heavy atom. The fourth-order valence-electron chi connectivity index (χ4n) is 1.83. The summed E-state index contributed by atoms with van der Waals surface area (Å²) < 4.78 is 10.3. The Bertz CT molecular complexity index is 421. The Labute approximate surface area is 119 Å². The molecule has 0 spiro atoms. The second-order valence-corrected chi connectivity index (χ2v) is 4.76. The number of halogens is 2. The average molecular weight is 310 g/mol. The van der Waals surface area contributed by atoms with Crippen LogP contribution in [0.15, 0.2) is 15.2 Å². The number of aliphatic imine (C=N–C) groups is 1. The van der Waals surface area contributed by atoms with E-state index in [1.807, 2.05) is 0 Å². The molecule has 1 saturated heterocycles. The quantitative estimate of drug-likeness (QED) is 0.440. The predicted molar refractivity (Wildman–Crippen MR) is 70.2 cm³/mol. The van der Waals surface area contributed by atoms with Crippen molar-refractivity contribution in [3.05, 3.63) is 20.3 Å². The van der Waals surface area contributed by atoms with E-state index in [1.54, 1.807) is 4.90 Å². The number of rotatable bonds is 4. The summed E-state index contributed by atoms with van der Waals surface area (Å²) in [6.07, 6.45) is 0. The van der Waals surface area contributed by atoms with E-state index < -0.39 is 11.0 Å². The molecule has 0 aromatic rings. The minimum Gasteiger partial charge on any atom is -0.474 e. The molecule has 2 aliphatic rings. The van der Waals surface area contributed by atoms with Crippen LogP contribution in [0.1, 0.15) is 0 Å². The van der Waals surface area contributed by atoms with Crippen molar-refractivity contribution in [2.24, 2.45) is 4.99 Å². The van der Waals surface area contributed by atoms with Crippen molar-refractivity contribution in [3.8, 4) is 0 Å². The molecule has 0 saturated carbocycles. The van der Waals surface area contributed by atoms with E-state index in [0.717, 1.165) is 0 Å². The highest BCUT2D eigenvalue weighted by Crippen LogP contribution is 2.25. The van der Waals surface area contributed by atoms with Crippen LogP contribution in [0.2, 0.25) is 0 Å². The molecule has 0 N–H and O–H groups in total. The smallest absolute Gasteiger partial charge is 0.324 e. The number of hydrogen-bond acceptors (Lipinski definition) is 6. The summed E-state index contributed by atoms with van der Waals surface area (Å²) in [6, 6.07) is -1.33. The monoisotopic (exact) mass is 309 g/mol. The highest BCUT2D eigenvalue weighted by Gasteiger charge is 2.37. The molecule has 0 bridgehead atoms. The highest BCUT2D eigenvalue weighted by atomic mass is 35.5. The van der Waals surface area contributed by atoms with Crippen molar-refractivity contribution >= 4 is 29.1 Å². The van der Waals surface area contributed by atoms with E-state index in [9.17, 15) is 10.1 Å². The third-order valence-corrected chi connectivity index (χ3v) is 3.70. The summed E-state index contributed by atoms with van der Waals surface area (Å²) in [7, 11) is 0. The zero-order valence-electron chi connectivity index (χ0n) is 10.1. The summed E-state index contributed by atoms with van der Waals surface area (Å²) in [6.45, 7) is 2.86. The van der Waals surface area contributed by atoms with E-state index in [2.05, 4.69) is 4.99 Å². The Balaban J connectivity index is 2.21. The minimum atomic E-state index is -1.33. The summed E-state index contributed by atoms with van der Waals surface area (Å²) in [5, 5.41) is 11.2. The molecule has 2 rings (SSSR count). The Morgan fingerprint density at radius 3 is 2.58 bits per heavy atom. The molecule has 9 heteroatoms. The van der Waals surface area contributed by atoms with Gasteiger partial charge in [-0.25, -0.2) is 4.99 Å². The van der Waals surface area contributed by atoms with Crippen LogP contribution in [0.25, 0.3) is 0 Å². The van der Waals surface area contributed by atoms with Gasteiger partial charge in [-0.15, -0.1) is 0 Å². The van der Waals surface area contributed by atoms with E-state index in [-0.39, 0.29) is 16.1 Å². The molecule has 2 heterocycles. The molecule has 1 atom stereocenters. The molecule has 1 unspecified atom stereocenters. The van der Waals surface area contributed by atoms with Gasteiger partial charge in [-0.05, 0) is 0 Å². The summed E-state index contributed by atoms with van der Waals surface area (Å²) in [5.41, 5.74) is 0. The van der Waals surface area contributed by atoms with Crippen LogP contribution in [-0.2, 0) is 9.47 Å². The van der Waals surface area contributed by atoms with Crippen LogP contribution in [0.5, 0.6) is 0 Å². The maximum absolute atomic E-state index is 11.1. The Morgan fingerprint density at radius 2 is 2.05 bits per heavy atom. The van der Waals surface area contributed by atoms with Crippen LogP contribution in [0.4, 0.5) is 0 Å². The second-order valence-electron chi connectivity index (χ2n) is 3.99. The SMILES string of the molecule is O=[N+]([O-])C(C1=NCCO1)/C(Cl)=C(/Cl)N1CCOCC1. The van der Waals surface area contributed by atoms with Gasteiger partial charge >= 0.3 is 6.04 Å². The summed E-state index contributed by atoms with van der Waals surface area (Å²) in [4.78, 5) is 16.3. The molecule has 0 amide bonds. The van der Waals surface area contributed by atoms with E-state index >= 15 is 0 Å². The molecule has 19 heavy (non-hydrogen) atoms. The number of hydrogen-bond donors (Lipinski definition) is 0. The number of morpholine rings is 1. The predicted octanol–water partition coefficient (Wildman–Crippen LogP) is 1.04. The lowest BCUT2D eigenvalue weighted by atomic mass is 10.3. The van der Waals surface area contributed by atoms with Crippen molar-refractivity contribution in [1.29, 1.82) is 0 Å². The first-order valence-electron chi connectivity index (χ1n) is 5.79. The van der Waals surface area contributed by atoms with Crippen LogP contribution in [0, 0.1) is 10.1 Å². The van der Waals surface area contributed by atoms with Gasteiger partial charge < -0.3 is 14.4 Å². The zero-order chi connectivity index (χ0) is 13.8. The maximum atomic E-state index is 11.1. The van der Waals surface area contributed by atoms with Crippen LogP contribution in [0.3, 0.4) is 0 Å². The lowest BCUT2D eigenvalue weighted by molar-refractivity contribution is -0.493. The van der Waals surface area contributed by atoms with E-state index in [1.165, 1.54) is 0 Å². The van der Waals surface area contributed by atoms with Gasteiger partial charge in [0.2, 0.25) is 0 Å². The maximum Gasteiger partial charge on any atom is 0.324 e. The minimum absolute atomic E-state index is 0.0152. The fourth-order valence-corrected chi connectivity index (χ4v) is 2.40. The van der Waals surface area contributed by atoms with Crippen LogP contribution >= 0.6 is 23.2 Å². The van der Waals surface area contributed by atoms with Gasteiger partial charge in [-0.3, -0.25) is 10.1 Å². The lowest BCUT2D eigenvalue weighted by Gasteiger charge is -2.28. The first kappa shape index (κ1) is 14.4. The highest BCUT2D eigenvalue weighted by molar-refractivity contribution is 6.40. The van der Waals surface area contributed by atoms with E-state index in [0.29, 0.717) is 39.5 Å². The number of nitrogens with zero attached hydrogens (tertiary/aromatic N) is 3. The third kappa shape index (κ3) is 3.29. The van der Waals surface area contributed by atoms with Gasteiger partial charge in [0.25, 0.3) is 5.90 Å². The Hall–Kier alpha value is -1.05. The van der Waals surface area contributed by atoms with Crippen molar-refractivity contribution in [2.45, 2.75) is 6.04 Å². The van der Waals surface area contributed by atoms with Crippen molar-refractivity contribution in [1.82, 2.24) is 4.90 Å². The van der Waals surface area contributed by atoms with Gasteiger partial charge in [0.05, 0.1) is 19.8 Å². The molecule has 0 aromatic heterocycles. The third-order valence-electron chi connectivity index (χ3n) is 2.78. The van der Waals surface area contributed by atoms with Crippen LogP contribution < -0.4 is 0 Å². The number of ether oxygens (including phenoxy) is 2. The zero-order valence-corrected chi connectivity index (χ0v) is 11.6. The van der Waals surface area contributed by atoms with Gasteiger partial charge in [0, 0.05) is 18.0 Å². The summed E-state index contributed by atoms with van der Waals surface area (Å²) >= 11 is 12.2. The topological polar surface area (TPSA) is 77.2 Å². The number of nitro groups is 1. The molecule has 106 valence electrons. The van der Waals surface area contributed by atoms with Gasteiger partial charge in [0.15, 0.2) is 0 Å². The standard InChI is InChI=1S/C10H13Cl2N3O4/c11-7(9(12)14-2-5-18-6-3-14)8(15(16)17)10-13-1-4-19-10/h8H,1-6H2/b9-7+. The van der Waals surface area contributed by atoms with Crippen molar-refractivity contribution < 1.29 is 14.4 Å². The van der Waals surface area contributed by atoms with Crippen LogP contribution in [-0.4, -0.2) is 61.2 Å². The molecular formula is C10H13Cl2N3O4. The summed E-state index contributed by atoms with van der Waals surface area (Å²) in [5.74, 6) is 0.0152. The van der Waals surface area contributed by atoms with Crippen molar-refractivity contribution in [3.63, 3.8) is 0 Å². The van der Waals surface area contributed by atoms with Gasteiger partial charge in [0.1, 0.15) is 16.8 Å². The molecule has 7 nitrogen and oxygen atoms in total. The molecule has 0 aromatic carbocycles. The fraction of sp³-hybridized carbons (Fsp3) is 0.700. The molecular weight excluding hydrogens is 297 g/mol. The molecule has 0 radical (unpaired) electrons. The Kier molecular flexibility index (Phi) is 4.84. The molecule has 2 aliphatic heterocycles. The lowest BCUT2D eigenvalue weighted by Crippen LogP contribution is -2.37. The molecule has 1 fully saturated rings. The molecule has 0 aliphatic carbocycles. The van der Waals surface area contributed by atoms with Gasteiger partial charge in [-0.2, -0.15) is 0 Å². The van der Waals surface area contributed by atoms with Crippen molar-refractivity contribution in [2.75, 3.05) is 39.5 Å². The first-order chi connectivity index (χ1) is 9.11. The average Bonchev–Trinajstić information content (AvgIpc) is 2.92. The normalized spacial score (nSPS) is 22.4. The van der Waals surface area contributed by atoms with E-state index in [4.69, 9.17) is 32.7 Å². The largest absolute Gasteiger partial charge is 0.474 e. The first-order valence-corrected chi connectivity index (χ1v) is 6.55. The van der Waals surface area contributed by atoms with Gasteiger partial charge in [-0.1, -0.05) is 23.2 Å².